The van der Waals surface area contributed by atoms with Gasteiger partial charge in [-0.3, -0.25) is 4.79 Å². The van der Waals surface area contributed by atoms with Gasteiger partial charge in [-0.2, -0.15) is 0 Å². The number of benzene rings is 2. The molecule has 3 rings (SSSR count). The van der Waals surface area contributed by atoms with Crippen LogP contribution in [0.1, 0.15) is 42.5 Å². The molecular formula is C20H19F4NO2S. The number of hydrogen-bond donors (Lipinski definition) is 2. The third kappa shape index (κ3) is 5.05. The molecule has 0 heterocycles. The van der Waals surface area contributed by atoms with Crippen molar-refractivity contribution in [2.24, 2.45) is 0 Å². The van der Waals surface area contributed by atoms with Gasteiger partial charge in [-0.05, 0) is 37.5 Å². The Hall–Kier alpha value is -2.06. The summed E-state index contributed by atoms with van der Waals surface area (Å²) >= 11 is 1.27. The number of rotatable bonds is 4. The van der Waals surface area contributed by atoms with Crippen LogP contribution in [0.3, 0.4) is 0 Å². The van der Waals surface area contributed by atoms with Crippen molar-refractivity contribution >= 4 is 23.4 Å². The van der Waals surface area contributed by atoms with Gasteiger partial charge in [-0.1, -0.05) is 12.8 Å². The van der Waals surface area contributed by atoms with E-state index in [1.54, 1.807) is 0 Å². The Labute approximate surface area is 164 Å². The molecule has 2 aromatic carbocycles. The van der Waals surface area contributed by atoms with Crippen LogP contribution in [-0.2, 0) is 0 Å². The predicted molar refractivity (Wildman–Crippen MR) is 99.4 cm³/mol. The number of thioether (sulfide) groups is 1. The molecule has 1 amide bonds. The maximum absolute atomic E-state index is 14.2. The van der Waals surface area contributed by atoms with Crippen molar-refractivity contribution in [3.8, 4) is 0 Å². The van der Waals surface area contributed by atoms with E-state index in [0.717, 1.165) is 31.7 Å². The smallest absolute Gasteiger partial charge is 0.255 e. The molecule has 1 aliphatic rings. The van der Waals surface area contributed by atoms with Crippen molar-refractivity contribution in [3.05, 3.63) is 59.2 Å². The first-order chi connectivity index (χ1) is 13.3. The second-order valence-electron chi connectivity index (χ2n) is 6.77. The van der Waals surface area contributed by atoms with Crippen LogP contribution in [0.4, 0.5) is 23.2 Å². The van der Waals surface area contributed by atoms with E-state index in [4.69, 9.17) is 0 Å². The molecule has 0 unspecified atom stereocenters. The first-order valence-electron chi connectivity index (χ1n) is 8.93. The monoisotopic (exact) mass is 413 g/mol. The molecule has 2 aromatic rings. The van der Waals surface area contributed by atoms with Gasteiger partial charge >= 0.3 is 0 Å². The molecule has 3 nitrogen and oxygen atoms in total. The van der Waals surface area contributed by atoms with E-state index >= 15 is 0 Å². The van der Waals surface area contributed by atoms with E-state index < -0.39 is 35.3 Å². The lowest BCUT2D eigenvalue weighted by Crippen LogP contribution is -2.14. The zero-order valence-electron chi connectivity index (χ0n) is 14.9. The van der Waals surface area contributed by atoms with E-state index in [1.807, 2.05) is 0 Å². The van der Waals surface area contributed by atoms with E-state index in [-0.39, 0.29) is 21.4 Å². The number of carbonyl (C=O) groups excluding carboxylic acids is 1. The zero-order chi connectivity index (χ0) is 20.3. The topological polar surface area (TPSA) is 49.3 Å². The number of halogens is 4. The summed E-state index contributed by atoms with van der Waals surface area (Å²) in [6.07, 6.45) is 3.57. The fourth-order valence-corrected chi connectivity index (χ4v) is 4.48. The largest absolute Gasteiger partial charge is 0.393 e. The third-order valence-corrected chi connectivity index (χ3v) is 5.91. The molecule has 8 heteroatoms. The molecule has 0 aromatic heterocycles. The average molecular weight is 413 g/mol. The first-order valence-corrected chi connectivity index (χ1v) is 9.81. The summed E-state index contributed by atoms with van der Waals surface area (Å²) in [5, 5.41) is 12.2. The van der Waals surface area contributed by atoms with Crippen molar-refractivity contribution in [3.63, 3.8) is 0 Å². The Bertz CT molecular complexity index is 854. The molecule has 0 spiro atoms. The van der Waals surface area contributed by atoms with Crippen molar-refractivity contribution in [2.75, 3.05) is 5.32 Å². The first kappa shape index (κ1) is 20.7. The fraction of sp³-hybridized carbons (Fsp3) is 0.350. The normalized spacial score (nSPS) is 19.9. The van der Waals surface area contributed by atoms with Crippen molar-refractivity contribution in [1.82, 2.24) is 0 Å². The summed E-state index contributed by atoms with van der Waals surface area (Å²) < 4.78 is 53.8. The number of carbonyl (C=O) groups is 1. The Kier molecular flexibility index (Phi) is 6.61. The lowest BCUT2D eigenvalue weighted by Gasteiger charge is -2.17. The van der Waals surface area contributed by atoms with E-state index in [1.165, 1.54) is 23.9 Å². The number of aliphatic hydroxyl groups excluding tert-OH is 1. The summed E-state index contributed by atoms with van der Waals surface area (Å²) in [7, 11) is 0. The lowest BCUT2D eigenvalue weighted by atomic mass is 10.2. The number of aliphatic hydroxyl groups is 1. The molecule has 28 heavy (non-hydrogen) atoms. The number of hydrogen-bond acceptors (Lipinski definition) is 3. The van der Waals surface area contributed by atoms with E-state index in [0.29, 0.717) is 18.6 Å². The zero-order valence-corrected chi connectivity index (χ0v) is 15.7. The molecule has 2 N–H and O–H groups in total. The highest BCUT2D eigenvalue weighted by molar-refractivity contribution is 8.00. The predicted octanol–water partition coefficient (Wildman–Crippen LogP) is 5.28. The lowest BCUT2D eigenvalue weighted by molar-refractivity contribution is 0.102. The quantitative estimate of drug-likeness (QED) is 0.407. The van der Waals surface area contributed by atoms with Crippen LogP contribution >= 0.6 is 11.8 Å². The highest BCUT2D eigenvalue weighted by Gasteiger charge is 2.21. The molecular weight excluding hydrogens is 394 g/mol. The molecule has 0 radical (unpaired) electrons. The molecule has 0 aliphatic heterocycles. The minimum absolute atomic E-state index is 0.0330. The third-order valence-electron chi connectivity index (χ3n) is 4.58. The summed E-state index contributed by atoms with van der Waals surface area (Å²) in [5.41, 5.74) is -0.143. The Morgan fingerprint density at radius 2 is 1.68 bits per heavy atom. The fourth-order valence-electron chi connectivity index (χ4n) is 3.14. The van der Waals surface area contributed by atoms with Gasteiger partial charge in [0.05, 0.1) is 6.10 Å². The van der Waals surface area contributed by atoms with Gasteiger partial charge < -0.3 is 10.4 Å². The van der Waals surface area contributed by atoms with Gasteiger partial charge in [0.1, 0.15) is 5.82 Å². The SMILES string of the molecule is O=C(Nc1cc(F)c(F)c(F)c1)c1ccc(F)c(S[C@H]2CCCC[C@H](O)C2)c1. The van der Waals surface area contributed by atoms with Crippen LogP contribution in [0.15, 0.2) is 35.2 Å². The Morgan fingerprint density at radius 1 is 1.00 bits per heavy atom. The number of anilines is 1. The maximum atomic E-state index is 14.2. The number of nitrogens with one attached hydrogen (secondary N) is 1. The van der Waals surface area contributed by atoms with Crippen molar-refractivity contribution in [1.29, 1.82) is 0 Å². The Morgan fingerprint density at radius 3 is 2.39 bits per heavy atom. The standard InChI is InChI=1S/C20H19F4NO2S/c21-15-6-5-11(7-18(15)28-14-4-2-1-3-13(26)10-14)20(27)25-12-8-16(22)19(24)17(23)9-12/h5-9,13-14,26H,1-4,10H2,(H,25,27)/t13-,14-/m0/s1. The molecule has 150 valence electrons. The summed E-state index contributed by atoms with van der Waals surface area (Å²) in [4.78, 5) is 12.6. The molecule has 0 bridgehead atoms. The molecule has 1 saturated carbocycles. The molecule has 2 atom stereocenters. The van der Waals surface area contributed by atoms with Gasteiger partial charge in [0.2, 0.25) is 0 Å². The highest BCUT2D eigenvalue weighted by Crippen LogP contribution is 2.35. The molecule has 1 fully saturated rings. The summed E-state index contributed by atoms with van der Waals surface area (Å²) in [5.74, 6) is -5.65. The van der Waals surface area contributed by atoms with Crippen LogP contribution in [0.25, 0.3) is 0 Å². The van der Waals surface area contributed by atoms with Gasteiger partial charge in [0.15, 0.2) is 17.5 Å². The van der Waals surface area contributed by atoms with Crippen LogP contribution in [-0.4, -0.2) is 22.4 Å². The average Bonchev–Trinajstić information content (AvgIpc) is 2.85. The Balaban J connectivity index is 1.75. The minimum atomic E-state index is -1.62. The van der Waals surface area contributed by atoms with Gasteiger partial charge in [0.25, 0.3) is 5.91 Å². The van der Waals surface area contributed by atoms with Gasteiger partial charge in [0, 0.05) is 33.5 Å². The van der Waals surface area contributed by atoms with Gasteiger partial charge in [-0.25, -0.2) is 17.6 Å². The summed E-state index contributed by atoms with van der Waals surface area (Å²) in [6.45, 7) is 0. The second-order valence-corrected chi connectivity index (χ2v) is 8.11. The summed E-state index contributed by atoms with van der Waals surface area (Å²) in [6, 6.07) is 5.11. The maximum Gasteiger partial charge on any atom is 0.255 e. The van der Waals surface area contributed by atoms with Gasteiger partial charge in [-0.15, -0.1) is 11.8 Å². The number of amides is 1. The highest BCUT2D eigenvalue weighted by atomic mass is 32.2. The van der Waals surface area contributed by atoms with E-state index in [9.17, 15) is 27.5 Å². The molecule has 0 saturated heterocycles. The van der Waals surface area contributed by atoms with Crippen LogP contribution < -0.4 is 5.32 Å². The van der Waals surface area contributed by atoms with E-state index in [2.05, 4.69) is 5.32 Å². The minimum Gasteiger partial charge on any atom is -0.393 e. The molecule has 1 aliphatic carbocycles. The van der Waals surface area contributed by atoms with Crippen LogP contribution in [0.2, 0.25) is 0 Å². The second kappa shape index (κ2) is 8.96. The van der Waals surface area contributed by atoms with Crippen LogP contribution in [0.5, 0.6) is 0 Å². The van der Waals surface area contributed by atoms with Crippen LogP contribution in [0, 0.1) is 23.3 Å². The van der Waals surface area contributed by atoms with Crippen molar-refractivity contribution < 1.29 is 27.5 Å². The van der Waals surface area contributed by atoms with Crippen molar-refractivity contribution in [2.45, 2.75) is 48.4 Å².